The second-order valence-electron chi connectivity index (χ2n) is 6.31. The van der Waals surface area contributed by atoms with Gasteiger partial charge in [0, 0.05) is 20.1 Å². The van der Waals surface area contributed by atoms with Gasteiger partial charge in [0.05, 0.1) is 16.3 Å². The molecular formula is C16H24N4OS. The average Bonchev–Trinajstić information content (AvgIpc) is 2.97. The molecule has 3 rings (SSSR count). The van der Waals surface area contributed by atoms with Crippen molar-refractivity contribution in [2.75, 3.05) is 38.1 Å². The molecule has 5 nitrogen and oxygen atoms in total. The van der Waals surface area contributed by atoms with Crippen LogP contribution in [0.3, 0.4) is 0 Å². The molecule has 2 aromatic heterocycles. The zero-order chi connectivity index (χ0) is 15.5. The highest BCUT2D eigenvalue weighted by molar-refractivity contribution is 7.17. The van der Waals surface area contributed by atoms with Gasteiger partial charge in [0.15, 0.2) is 0 Å². The van der Waals surface area contributed by atoms with E-state index in [2.05, 4.69) is 32.2 Å². The Morgan fingerprint density at radius 1 is 1.41 bits per heavy atom. The van der Waals surface area contributed by atoms with Gasteiger partial charge in [0.25, 0.3) is 0 Å². The number of rotatable bonds is 5. The van der Waals surface area contributed by atoms with E-state index in [9.17, 15) is 5.11 Å². The maximum absolute atomic E-state index is 9.48. The van der Waals surface area contributed by atoms with Crippen molar-refractivity contribution in [1.82, 2.24) is 14.9 Å². The normalized spacial score (nSPS) is 18.7. The second-order valence-corrected chi connectivity index (χ2v) is 7.22. The van der Waals surface area contributed by atoms with Crippen LogP contribution in [0.15, 0.2) is 17.8 Å². The average molecular weight is 320 g/mol. The van der Waals surface area contributed by atoms with Gasteiger partial charge >= 0.3 is 0 Å². The summed E-state index contributed by atoms with van der Waals surface area (Å²) in [6.45, 7) is 5.86. The van der Waals surface area contributed by atoms with Crippen LogP contribution in [0.1, 0.15) is 19.8 Å². The van der Waals surface area contributed by atoms with E-state index in [4.69, 9.17) is 0 Å². The Kier molecular flexibility index (Phi) is 4.90. The number of β-amino-alcohol motifs (C(OH)–C–C–N with tert-alkyl or cyclic N) is 1. The van der Waals surface area contributed by atoms with E-state index in [0.717, 1.165) is 37.5 Å². The lowest BCUT2D eigenvalue weighted by atomic mass is 9.96. The van der Waals surface area contributed by atoms with Crippen LogP contribution in [0, 0.1) is 5.92 Å². The monoisotopic (exact) mass is 320 g/mol. The van der Waals surface area contributed by atoms with Crippen LogP contribution in [-0.2, 0) is 0 Å². The number of fused-ring (bicyclic) bond motifs is 1. The van der Waals surface area contributed by atoms with Crippen molar-refractivity contribution in [2.45, 2.75) is 25.9 Å². The lowest BCUT2D eigenvalue weighted by Gasteiger charge is -2.34. The first-order chi connectivity index (χ1) is 10.6. The smallest absolute Gasteiger partial charge is 0.149 e. The number of thiophene rings is 1. The lowest BCUT2D eigenvalue weighted by molar-refractivity contribution is 0.101. The fourth-order valence-corrected chi connectivity index (χ4v) is 4.14. The number of hydrogen-bond acceptors (Lipinski definition) is 6. The summed E-state index contributed by atoms with van der Waals surface area (Å²) in [6, 6.07) is 2.05. The first-order valence-corrected chi connectivity index (χ1v) is 8.81. The van der Waals surface area contributed by atoms with Crippen molar-refractivity contribution in [3.8, 4) is 0 Å². The molecule has 1 N–H and O–H groups in total. The summed E-state index contributed by atoms with van der Waals surface area (Å²) in [7, 11) is 2.13. The van der Waals surface area contributed by atoms with Gasteiger partial charge in [0.1, 0.15) is 12.1 Å². The van der Waals surface area contributed by atoms with Crippen LogP contribution in [0.25, 0.3) is 10.2 Å². The summed E-state index contributed by atoms with van der Waals surface area (Å²) < 4.78 is 1.18. The molecule has 0 aromatic carbocycles. The van der Waals surface area contributed by atoms with Crippen LogP contribution >= 0.6 is 11.3 Å². The highest BCUT2D eigenvalue weighted by Crippen LogP contribution is 2.28. The van der Waals surface area contributed by atoms with Gasteiger partial charge in [-0.25, -0.2) is 9.97 Å². The number of aliphatic hydroxyl groups excluding tert-OH is 1. The third-order valence-corrected chi connectivity index (χ3v) is 5.25. The molecule has 0 saturated carbocycles. The van der Waals surface area contributed by atoms with Gasteiger partial charge in [-0.2, -0.15) is 0 Å². The lowest BCUT2D eigenvalue weighted by Crippen LogP contribution is -2.40. The molecule has 0 amide bonds. The van der Waals surface area contributed by atoms with Crippen molar-refractivity contribution in [2.24, 2.45) is 5.92 Å². The molecule has 3 heterocycles. The Morgan fingerprint density at radius 2 is 2.18 bits per heavy atom. The van der Waals surface area contributed by atoms with E-state index in [-0.39, 0.29) is 6.10 Å². The van der Waals surface area contributed by atoms with Crippen molar-refractivity contribution in [3.63, 3.8) is 0 Å². The van der Waals surface area contributed by atoms with Gasteiger partial charge in [-0.1, -0.05) is 0 Å². The Morgan fingerprint density at radius 3 is 2.91 bits per heavy atom. The second kappa shape index (κ2) is 6.89. The molecule has 1 aliphatic heterocycles. The van der Waals surface area contributed by atoms with E-state index >= 15 is 0 Å². The molecule has 1 saturated heterocycles. The predicted molar refractivity (Wildman–Crippen MR) is 91.5 cm³/mol. The number of piperidine rings is 1. The largest absolute Gasteiger partial charge is 0.392 e. The molecule has 1 fully saturated rings. The fraction of sp³-hybridized carbons (Fsp3) is 0.625. The predicted octanol–water partition coefficient (Wildman–Crippen LogP) is 2.22. The van der Waals surface area contributed by atoms with Gasteiger partial charge in [-0.15, -0.1) is 11.3 Å². The zero-order valence-electron chi connectivity index (χ0n) is 13.3. The Labute approximate surface area is 135 Å². The van der Waals surface area contributed by atoms with E-state index in [1.54, 1.807) is 17.7 Å². The van der Waals surface area contributed by atoms with Crippen molar-refractivity contribution in [3.05, 3.63) is 17.8 Å². The summed E-state index contributed by atoms with van der Waals surface area (Å²) in [5, 5.41) is 11.6. The van der Waals surface area contributed by atoms with Gasteiger partial charge in [-0.3, -0.25) is 0 Å². The molecular weight excluding hydrogens is 296 g/mol. The molecule has 0 spiro atoms. The minimum atomic E-state index is -0.229. The quantitative estimate of drug-likeness (QED) is 0.915. The first-order valence-electron chi connectivity index (χ1n) is 7.93. The highest BCUT2D eigenvalue weighted by Gasteiger charge is 2.22. The molecule has 6 heteroatoms. The van der Waals surface area contributed by atoms with Crippen LogP contribution < -0.4 is 4.90 Å². The van der Waals surface area contributed by atoms with Gasteiger partial charge in [-0.05, 0) is 50.2 Å². The van der Waals surface area contributed by atoms with E-state index in [1.807, 2.05) is 13.0 Å². The van der Waals surface area contributed by atoms with Crippen LogP contribution in [-0.4, -0.2) is 59.3 Å². The summed E-state index contributed by atoms with van der Waals surface area (Å²) >= 11 is 1.71. The molecule has 0 radical (unpaired) electrons. The number of hydrogen-bond donors (Lipinski definition) is 1. The number of nitrogens with zero attached hydrogens (tertiary/aromatic N) is 4. The molecule has 22 heavy (non-hydrogen) atoms. The summed E-state index contributed by atoms with van der Waals surface area (Å²) in [6.07, 6.45) is 3.81. The van der Waals surface area contributed by atoms with Crippen molar-refractivity contribution < 1.29 is 5.11 Å². The molecule has 1 unspecified atom stereocenters. The van der Waals surface area contributed by atoms with Crippen LogP contribution in [0.4, 0.5) is 5.82 Å². The third kappa shape index (κ3) is 3.56. The minimum absolute atomic E-state index is 0.229. The van der Waals surface area contributed by atoms with Gasteiger partial charge in [0.2, 0.25) is 0 Å². The molecule has 120 valence electrons. The van der Waals surface area contributed by atoms with E-state index in [0.29, 0.717) is 5.92 Å². The fourth-order valence-electron chi connectivity index (χ4n) is 3.25. The summed E-state index contributed by atoms with van der Waals surface area (Å²) in [5.41, 5.74) is 1.04. The van der Waals surface area contributed by atoms with E-state index < -0.39 is 0 Å². The third-order valence-electron chi connectivity index (χ3n) is 4.35. The maximum Gasteiger partial charge on any atom is 0.149 e. The Bertz CT molecular complexity index is 607. The number of aromatic nitrogens is 2. The maximum atomic E-state index is 9.48. The zero-order valence-corrected chi connectivity index (χ0v) is 14.1. The molecule has 1 atom stereocenters. The minimum Gasteiger partial charge on any atom is -0.392 e. The SMILES string of the molecule is CC(O)CN1CCC(CN(C)c2ncnc3ccsc23)CC1. The molecule has 0 aliphatic carbocycles. The Hall–Kier alpha value is -1.24. The molecule has 1 aliphatic rings. The topological polar surface area (TPSA) is 52.5 Å². The summed E-state index contributed by atoms with van der Waals surface area (Å²) in [5.74, 6) is 1.74. The van der Waals surface area contributed by atoms with Crippen LogP contribution in [0.5, 0.6) is 0 Å². The number of anilines is 1. The van der Waals surface area contributed by atoms with Crippen molar-refractivity contribution >= 4 is 27.4 Å². The van der Waals surface area contributed by atoms with E-state index in [1.165, 1.54) is 17.5 Å². The van der Waals surface area contributed by atoms with Crippen molar-refractivity contribution in [1.29, 1.82) is 0 Å². The standard InChI is InChI=1S/C16H24N4OS/c1-12(21)9-20-6-3-13(4-7-20)10-19(2)16-15-14(5-8-22-15)17-11-18-16/h5,8,11-13,21H,3-4,6-7,9-10H2,1-2H3. The first kappa shape index (κ1) is 15.6. The van der Waals surface area contributed by atoms with Gasteiger partial charge < -0.3 is 14.9 Å². The molecule has 0 bridgehead atoms. The number of aliphatic hydroxyl groups is 1. The number of likely N-dealkylation sites (tertiary alicyclic amines) is 1. The molecule has 2 aromatic rings. The summed E-state index contributed by atoms with van der Waals surface area (Å²) in [4.78, 5) is 13.4. The van der Waals surface area contributed by atoms with Crippen LogP contribution in [0.2, 0.25) is 0 Å². The Balaban J connectivity index is 1.59. The highest BCUT2D eigenvalue weighted by atomic mass is 32.1.